The van der Waals surface area contributed by atoms with Crippen molar-refractivity contribution in [2.45, 2.75) is 76.4 Å². The summed E-state index contributed by atoms with van der Waals surface area (Å²) in [5.74, 6) is 2.20. The SMILES string of the molecule is CC1(C)Oc2ncnc(N)c2N=C1c1ccc([C@H]2CC[C@H](CCNC(=O)[C@@H]3CCCN3)CC2)cc1. The van der Waals surface area contributed by atoms with E-state index >= 15 is 0 Å². The third kappa shape index (κ3) is 5.17. The number of hydrogen-bond acceptors (Lipinski definition) is 7. The number of amides is 1. The monoisotopic (exact) mass is 476 g/mol. The summed E-state index contributed by atoms with van der Waals surface area (Å²) >= 11 is 0. The molecule has 1 amide bonds. The number of nitrogens with one attached hydrogen (secondary N) is 2. The highest BCUT2D eigenvalue weighted by molar-refractivity contribution is 6.09. The average Bonchev–Trinajstić information content (AvgIpc) is 3.39. The molecule has 1 saturated carbocycles. The number of aromatic nitrogens is 2. The maximum atomic E-state index is 12.2. The second-order valence-electron chi connectivity index (χ2n) is 10.6. The molecule has 8 nitrogen and oxygen atoms in total. The number of nitrogen functional groups attached to an aromatic ring is 1. The number of hydrogen-bond donors (Lipinski definition) is 3. The average molecular weight is 477 g/mol. The summed E-state index contributed by atoms with van der Waals surface area (Å²) in [7, 11) is 0. The van der Waals surface area contributed by atoms with Crippen molar-refractivity contribution in [1.82, 2.24) is 20.6 Å². The maximum absolute atomic E-state index is 12.2. The number of ether oxygens (including phenoxy) is 1. The summed E-state index contributed by atoms with van der Waals surface area (Å²) in [5.41, 5.74) is 9.13. The van der Waals surface area contributed by atoms with Gasteiger partial charge in [-0.05, 0) is 82.7 Å². The van der Waals surface area contributed by atoms with Crippen molar-refractivity contribution in [2.24, 2.45) is 10.9 Å². The van der Waals surface area contributed by atoms with Crippen LogP contribution < -0.4 is 21.1 Å². The molecule has 5 rings (SSSR count). The van der Waals surface area contributed by atoms with Crippen LogP contribution in [0.15, 0.2) is 35.6 Å². The molecule has 0 radical (unpaired) electrons. The Kier molecular flexibility index (Phi) is 6.73. The Bertz CT molecular complexity index is 1080. The Balaban J connectivity index is 1.16. The zero-order chi connectivity index (χ0) is 24.4. The highest BCUT2D eigenvalue weighted by Crippen LogP contribution is 2.40. The van der Waals surface area contributed by atoms with Gasteiger partial charge in [-0.2, -0.15) is 4.98 Å². The van der Waals surface area contributed by atoms with Crippen LogP contribution in [0.3, 0.4) is 0 Å². The molecular weight excluding hydrogens is 440 g/mol. The van der Waals surface area contributed by atoms with Crippen LogP contribution in [0.5, 0.6) is 5.88 Å². The zero-order valence-electron chi connectivity index (χ0n) is 20.7. The first-order chi connectivity index (χ1) is 16.9. The lowest BCUT2D eigenvalue weighted by Crippen LogP contribution is -2.41. The molecule has 3 heterocycles. The number of rotatable bonds is 6. The fourth-order valence-electron chi connectivity index (χ4n) is 5.63. The molecule has 8 heteroatoms. The fourth-order valence-corrected chi connectivity index (χ4v) is 5.63. The summed E-state index contributed by atoms with van der Waals surface area (Å²) in [5, 5.41) is 6.40. The van der Waals surface area contributed by atoms with Crippen LogP contribution >= 0.6 is 0 Å². The Morgan fingerprint density at radius 2 is 1.91 bits per heavy atom. The molecule has 1 aromatic carbocycles. The molecule has 1 atom stereocenters. The molecule has 35 heavy (non-hydrogen) atoms. The van der Waals surface area contributed by atoms with E-state index in [2.05, 4.69) is 44.9 Å². The van der Waals surface area contributed by atoms with Gasteiger partial charge in [0.15, 0.2) is 11.5 Å². The second-order valence-corrected chi connectivity index (χ2v) is 10.6. The number of anilines is 1. The van der Waals surface area contributed by atoms with Gasteiger partial charge in [0, 0.05) is 12.1 Å². The van der Waals surface area contributed by atoms with E-state index in [-0.39, 0.29) is 11.9 Å². The van der Waals surface area contributed by atoms with E-state index < -0.39 is 5.60 Å². The lowest BCUT2D eigenvalue weighted by Gasteiger charge is -2.32. The van der Waals surface area contributed by atoms with Gasteiger partial charge in [0.1, 0.15) is 11.9 Å². The van der Waals surface area contributed by atoms with Gasteiger partial charge in [-0.1, -0.05) is 24.3 Å². The minimum atomic E-state index is -0.614. The van der Waals surface area contributed by atoms with Gasteiger partial charge in [-0.3, -0.25) is 4.79 Å². The van der Waals surface area contributed by atoms with Crippen LogP contribution in [0.25, 0.3) is 0 Å². The van der Waals surface area contributed by atoms with Crippen molar-refractivity contribution in [2.75, 3.05) is 18.8 Å². The quantitative estimate of drug-likeness (QED) is 0.583. The Morgan fingerprint density at radius 1 is 1.14 bits per heavy atom. The Hall–Kier alpha value is -3.00. The summed E-state index contributed by atoms with van der Waals surface area (Å²) in [6.07, 6.45) is 9.36. The first kappa shape index (κ1) is 23.7. The van der Waals surface area contributed by atoms with Gasteiger partial charge < -0.3 is 21.1 Å². The van der Waals surface area contributed by atoms with E-state index in [0.717, 1.165) is 43.6 Å². The van der Waals surface area contributed by atoms with E-state index in [1.807, 2.05) is 13.8 Å². The molecule has 0 unspecified atom stereocenters. The molecule has 2 aromatic rings. The summed E-state index contributed by atoms with van der Waals surface area (Å²) in [4.78, 5) is 25.2. The van der Waals surface area contributed by atoms with Crippen molar-refractivity contribution in [3.63, 3.8) is 0 Å². The summed E-state index contributed by atoms with van der Waals surface area (Å²) in [6.45, 7) is 5.74. The highest BCUT2D eigenvalue weighted by atomic mass is 16.5. The number of benzene rings is 1. The van der Waals surface area contributed by atoms with Gasteiger partial charge in [-0.25, -0.2) is 9.98 Å². The van der Waals surface area contributed by atoms with Crippen molar-refractivity contribution >= 4 is 23.1 Å². The predicted molar refractivity (Wildman–Crippen MR) is 137 cm³/mol. The normalized spacial score (nSPS) is 25.3. The molecule has 1 saturated heterocycles. The van der Waals surface area contributed by atoms with Crippen LogP contribution in [-0.4, -0.2) is 46.3 Å². The number of nitrogens with two attached hydrogens (primary N) is 1. The number of nitrogens with zero attached hydrogens (tertiary/aromatic N) is 3. The van der Waals surface area contributed by atoms with E-state index in [9.17, 15) is 4.79 Å². The Morgan fingerprint density at radius 3 is 2.63 bits per heavy atom. The molecule has 2 aliphatic heterocycles. The van der Waals surface area contributed by atoms with E-state index in [0.29, 0.717) is 29.2 Å². The Labute approximate surface area is 207 Å². The van der Waals surface area contributed by atoms with Crippen molar-refractivity contribution in [1.29, 1.82) is 0 Å². The van der Waals surface area contributed by atoms with Crippen LogP contribution in [0, 0.1) is 5.92 Å². The molecule has 1 aromatic heterocycles. The molecule has 186 valence electrons. The van der Waals surface area contributed by atoms with Gasteiger partial charge in [0.25, 0.3) is 0 Å². The summed E-state index contributed by atoms with van der Waals surface area (Å²) in [6, 6.07) is 8.76. The number of carbonyl (C=O) groups is 1. The molecule has 3 aliphatic rings. The fraction of sp³-hybridized carbons (Fsp3) is 0.556. The number of aliphatic imine (C=N–C) groups is 1. The number of fused-ring (bicyclic) bond motifs is 1. The third-order valence-electron chi connectivity index (χ3n) is 7.69. The highest BCUT2D eigenvalue weighted by Gasteiger charge is 2.35. The van der Waals surface area contributed by atoms with Crippen LogP contribution in [0.1, 0.15) is 75.8 Å². The summed E-state index contributed by atoms with van der Waals surface area (Å²) < 4.78 is 6.11. The van der Waals surface area contributed by atoms with Gasteiger partial charge >= 0.3 is 0 Å². The predicted octanol–water partition coefficient (Wildman–Crippen LogP) is 3.88. The maximum Gasteiger partial charge on any atom is 0.246 e. The van der Waals surface area contributed by atoms with Gasteiger partial charge in [0.2, 0.25) is 11.8 Å². The molecule has 4 N–H and O–H groups in total. The largest absolute Gasteiger partial charge is 0.463 e. The second kappa shape index (κ2) is 9.93. The minimum absolute atomic E-state index is 0.0193. The van der Waals surface area contributed by atoms with E-state index in [1.54, 1.807) is 0 Å². The smallest absolute Gasteiger partial charge is 0.246 e. The van der Waals surface area contributed by atoms with Crippen molar-refractivity contribution < 1.29 is 9.53 Å². The van der Waals surface area contributed by atoms with E-state index in [4.69, 9.17) is 15.5 Å². The zero-order valence-corrected chi connectivity index (χ0v) is 20.7. The van der Waals surface area contributed by atoms with Gasteiger partial charge in [0.05, 0.1) is 11.8 Å². The molecule has 0 spiro atoms. The van der Waals surface area contributed by atoms with Crippen molar-refractivity contribution in [3.05, 3.63) is 41.7 Å². The first-order valence-electron chi connectivity index (χ1n) is 12.9. The molecule has 2 fully saturated rings. The van der Waals surface area contributed by atoms with E-state index in [1.165, 1.54) is 37.6 Å². The molecular formula is C27H36N6O2. The van der Waals surface area contributed by atoms with Crippen molar-refractivity contribution in [3.8, 4) is 5.88 Å². The molecule has 0 bridgehead atoms. The topological polar surface area (TPSA) is 115 Å². The van der Waals surface area contributed by atoms with Crippen LogP contribution in [0.2, 0.25) is 0 Å². The molecule has 1 aliphatic carbocycles. The lowest BCUT2D eigenvalue weighted by molar-refractivity contribution is -0.122. The number of carbonyl (C=O) groups excluding carboxylic acids is 1. The standard InChI is InChI=1S/C27H36N6O2/c1-27(2)23(33-22-24(28)31-16-32-26(22)35-27)20-11-9-19(10-12-20)18-7-5-17(6-8-18)13-15-30-25(34)21-4-3-14-29-21/h9-12,16-18,21,29H,3-8,13-15H2,1-2H3,(H,30,34)(H2,28,31,32)/t17-,18-,21-/m0/s1. The first-order valence-corrected chi connectivity index (χ1v) is 12.9. The minimum Gasteiger partial charge on any atom is -0.463 e. The van der Waals surface area contributed by atoms with Gasteiger partial charge in [-0.15, -0.1) is 0 Å². The third-order valence-corrected chi connectivity index (χ3v) is 7.69. The van der Waals surface area contributed by atoms with Crippen LogP contribution in [-0.2, 0) is 4.79 Å². The van der Waals surface area contributed by atoms with Crippen LogP contribution in [0.4, 0.5) is 11.5 Å². The lowest BCUT2D eigenvalue weighted by atomic mass is 9.77.